The van der Waals surface area contributed by atoms with E-state index in [0.717, 1.165) is 25.9 Å². The second kappa shape index (κ2) is 7.12. The summed E-state index contributed by atoms with van der Waals surface area (Å²) >= 11 is 0. The van der Waals surface area contributed by atoms with Crippen molar-refractivity contribution in [1.82, 2.24) is 19.7 Å². The first-order valence-corrected chi connectivity index (χ1v) is 8.09. The molecule has 3 rings (SSSR count). The van der Waals surface area contributed by atoms with Crippen LogP contribution < -0.4 is 4.74 Å². The van der Waals surface area contributed by atoms with Gasteiger partial charge in [-0.05, 0) is 25.0 Å². The van der Waals surface area contributed by atoms with Gasteiger partial charge in [-0.25, -0.2) is 14.2 Å². The lowest BCUT2D eigenvalue weighted by Gasteiger charge is -2.32. The van der Waals surface area contributed by atoms with E-state index in [9.17, 15) is 14.0 Å². The maximum Gasteiger partial charge on any atom is 0.327 e. The molecule has 0 N–H and O–H groups in total. The molecule has 1 aromatic rings. The summed E-state index contributed by atoms with van der Waals surface area (Å²) in [5.41, 5.74) is 0. The third-order valence-electron chi connectivity index (χ3n) is 4.41. The molecule has 2 saturated heterocycles. The highest BCUT2D eigenvalue weighted by Gasteiger charge is 2.33. The Labute approximate surface area is 140 Å². The predicted molar refractivity (Wildman–Crippen MR) is 84.0 cm³/mol. The topological polar surface area (TPSA) is 66.0 Å². The molecule has 2 aliphatic heterocycles. The smallest absolute Gasteiger partial charge is 0.327 e. The maximum absolute atomic E-state index is 13.5. The number of nitrogens with zero attached hydrogens (tertiary/aromatic N) is 4. The van der Waals surface area contributed by atoms with Crippen LogP contribution in [0.1, 0.15) is 12.8 Å². The zero-order valence-corrected chi connectivity index (χ0v) is 13.7. The number of carbonyl (C=O) groups excluding carboxylic acids is 2. The molecular formula is C16H21FN4O3. The van der Waals surface area contributed by atoms with Crippen molar-refractivity contribution in [2.24, 2.45) is 0 Å². The second-order valence-corrected chi connectivity index (χ2v) is 6.13. The normalized spacial score (nSPS) is 20.1. The lowest BCUT2D eigenvalue weighted by molar-refractivity contribution is -0.125. The van der Waals surface area contributed by atoms with E-state index in [-0.39, 0.29) is 30.5 Å². The van der Waals surface area contributed by atoms with Crippen molar-refractivity contribution in [2.75, 3.05) is 39.8 Å². The Hall–Kier alpha value is -2.22. The fraction of sp³-hybridized carbons (Fsp3) is 0.562. The van der Waals surface area contributed by atoms with Crippen LogP contribution in [0.4, 0.5) is 9.18 Å². The van der Waals surface area contributed by atoms with Crippen LogP contribution in [0.2, 0.25) is 0 Å². The molecule has 0 aliphatic carbocycles. The molecule has 0 radical (unpaired) electrons. The minimum absolute atomic E-state index is 0.0484. The van der Waals surface area contributed by atoms with Crippen molar-refractivity contribution < 1.29 is 18.7 Å². The van der Waals surface area contributed by atoms with Gasteiger partial charge in [0.15, 0.2) is 5.82 Å². The van der Waals surface area contributed by atoms with Gasteiger partial charge in [-0.15, -0.1) is 0 Å². The molecule has 24 heavy (non-hydrogen) atoms. The fourth-order valence-corrected chi connectivity index (χ4v) is 3.00. The summed E-state index contributed by atoms with van der Waals surface area (Å²) < 4.78 is 19.2. The first-order chi connectivity index (χ1) is 11.5. The van der Waals surface area contributed by atoms with Gasteiger partial charge in [0.1, 0.15) is 12.6 Å². The highest BCUT2D eigenvalue weighted by atomic mass is 19.1. The van der Waals surface area contributed by atoms with E-state index in [1.165, 1.54) is 28.1 Å². The largest absolute Gasteiger partial charge is 0.472 e. The van der Waals surface area contributed by atoms with E-state index in [0.29, 0.717) is 13.1 Å². The molecule has 0 spiro atoms. The summed E-state index contributed by atoms with van der Waals surface area (Å²) in [6.07, 6.45) is 2.97. The number of urea groups is 1. The number of carbonyl (C=O) groups is 2. The third-order valence-corrected chi connectivity index (χ3v) is 4.41. The SMILES string of the molecule is CN1CC(=O)N(CCN2CCC(Oc3ncccc3F)CC2)C1=O. The van der Waals surface area contributed by atoms with Gasteiger partial charge < -0.3 is 14.5 Å². The minimum atomic E-state index is -0.449. The summed E-state index contributed by atoms with van der Waals surface area (Å²) in [5, 5.41) is 0. The highest BCUT2D eigenvalue weighted by molar-refractivity contribution is 6.01. The van der Waals surface area contributed by atoms with Crippen molar-refractivity contribution in [3.63, 3.8) is 0 Å². The standard InChI is InChI=1S/C16H21FN4O3/c1-19-11-14(22)21(16(19)23)10-9-20-7-4-12(5-8-20)24-15-13(17)3-2-6-18-15/h2-3,6,12H,4-5,7-11H2,1H3. The lowest BCUT2D eigenvalue weighted by atomic mass is 10.1. The molecule has 130 valence electrons. The number of amides is 3. The van der Waals surface area contributed by atoms with Gasteiger partial charge in [-0.2, -0.15) is 0 Å². The monoisotopic (exact) mass is 336 g/mol. The van der Waals surface area contributed by atoms with Gasteiger partial charge in [0.05, 0.1) is 0 Å². The average Bonchev–Trinajstić information content (AvgIpc) is 2.82. The molecule has 1 aromatic heterocycles. The van der Waals surface area contributed by atoms with Crippen molar-refractivity contribution in [1.29, 1.82) is 0 Å². The number of piperidine rings is 1. The van der Waals surface area contributed by atoms with Crippen LogP contribution >= 0.6 is 0 Å². The molecule has 2 fully saturated rings. The van der Waals surface area contributed by atoms with Crippen molar-refractivity contribution >= 4 is 11.9 Å². The Bertz CT molecular complexity index is 619. The van der Waals surface area contributed by atoms with Gasteiger partial charge in [0, 0.05) is 39.4 Å². The van der Waals surface area contributed by atoms with Crippen molar-refractivity contribution in [3.05, 3.63) is 24.1 Å². The van der Waals surface area contributed by atoms with Gasteiger partial charge in [0.25, 0.3) is 5.88 Å². The molecule has 3 amide bonds. The highest BCUT2D eigenvalue weighted by Crippen LogP contribution is 2.19. The Morgan fingerprint density at radius 3 is 2.67 bits per heavy atom. The van der Waals surface area contributed by atoms with Gasteiger partial charge >= 0.3 is 6.03 Å². The molecule has 0 atom stereocenters. The van der Waals surface area contributed by atoms with E-state index in [4.69, 9.17) is 4.74 Å². The predicted octanol–water partition coefficient (Wildman–Crippen LogP) is 0.958. The molecule has 2 aliphatic rings. The van der Waals surface area contributed by atoms with Crippen LogP contribution in [0, 0.1) is 5.82 Å². The molecule has 8 heteroatoms. The zero-order chi connectivity index (χ0) is 17.1. The Kier molecular flexibility index (Phi) is 4.94. The van der Waals surface area contributed by atoms with Crippen LogP contribution in [-0.4, -0.2) is 77.5 Å². The number of likely N-dealkylation sites (N-methyl/N-ethyl adjacent to an activating group) is 1. The number of hydrogen-bond donors (Lipinski definition) is 0. The summed E-state index contributed by atoms with van der Waals surface area (Å²) in [4.78, 5) is 32.4. The van der Waals surface area contributed by atoms with Gasteiger partial charge in [0.2, 0.25) is 5.91 Å². The summed E-state index contributed by atoms with van der Waals surface area (Å²) in [7, 11) is 1.62. The van der Waals surface area contributed by atoms with Crippen LogP contribution in [0.5, 0.6) is 5.88 Å². The number of imide groups is 1. The maximum atomic E-state index is 13.5. The number of likely N-dealkylation sites (tertiary alicyclic amines) is 1. The molecular weight excluding hydrogens is 315 g/mol. The van der Waals surface area contributed by atoms with Crippen LogP contribution in [0.3, 0.4) is 0 Å². The molecule has 0 unspecified atom stereocenters. The van der Waals surface area contributed by atoms with E-state index in [2.05, 4.69) is 9.88 Å². The number of hydrogen-bond acceptors (Lipinski definition) is 5. The second-order valence-electron chi connectivity index (χ2n) is 6.13. The van der Waals surface area contributed by atoms with Crippen LogP contribution in [0.15, 0.2) is 18.3 Å². The first-order valence-electron chi connectivity index (χ1n) is 8.09. The summed E-state index contributed by atoms with van der Waals surface area (Å²) in [5.74, 6) is -0.547. The van der Waals surface area contributed by atoms with E-state index >= 15 is 0 Å². The fourth-order valence-electron chi connectivity index (χ4n) is 3.00. The molecule has 0 aromatic carbocycles. The minimum Gasteiger partial charge on any atom is -0.472 e. The molecule has 7 nitrogen and oxygen atoms in total. The van der Waals surface area contributed by atoms with Crippen LogP contribution in [0.25, 0.3) is 0 Å². The Morgan fingerprint density at radius 1 is 1.29 bits per heavy atom. The zero-order valence-electron chi connectivity index (χ0n) is 13.7. The third kappa shape index (κ3) is 3.64. The number of pyridine rings is 1. The number of halogens is 1. The average molecular weight is 336 g/mol. The van der Waals surface area contributed by atoms with Crippen molar-refractivity contribution in [3.8, 4) is 5.88 Å². The van der Waals surface area contributed by atoms with Crippen LogP contribution in [-0.2, 0) is 4.79 Å². The Balaban J connectivity index is 1.43. The van der Waals surface area contributed by atoms with E-state index in [1.807, 2.05) is 0 Å². The quantitative estimate of drug-likeness (QED) is 0.749. The molecule has 0 bridgehead atoms. The number of ether oxygens (including phenoxy) is 1. The number of aromatic nitrogens is 1. The van der Waals surface area contributed by atoms with E-state index < -0.39 is 5.82 Å². The summed E-state index contributed by atoms with van der Waals surface area (Å²) in [6.45, 7) is 2.78. The number of rotatable bonds is 5. The molecule has 3 heterocycles. The molecule has 0 saturated carbocycles. The summed E-state index contributed by atoms with van der Waals surface area (Å²) in [6, 6.07) is 2.63. The Morgan fingerprint density at radius 2 is 2.04 bits per heavy atom. The van der Waals surface area contributed by atoms with Gasteiger partial charge in [-0.1, -0.05) is 0 Å². The van der Waals surface area contributed by atoms with E-state index in [1.54, 1.807) is 7.05 Å². The van der Waals surface area contributed by atoms with Gasteiger partial charge in [-0.3, -0.25) is 9.69 Å². The first kappa shape index (κ1) is 16.6. The lowest BCUT2D eigenvalue weighted by Crippen LogP contribution is -2.43. The van der Waals surface area contributed by atoms with Crippen molar-refractivity contribution in [2.45, 2.75) is 18.9 Å².